The van der Waals surface area contributed by atoms with Crippen LogP contribution in [0.5, 0.6) is 5.88 Å². The number of aromatic nitrogens is 3. The van der Waals surface area contributed by atoms with E-state index in [0.29, 0.717) is 37.1 Å². The van der Waals surface area contributed by atoms with Gasteiger partial charge in [-0.1, -0.05) is 36.4 Å². The van der Waals surface area contributed by atoms with E-state index in [1.807, 2.05) is 55.5 Å². The number of carbonyl (C=O) groups excluding carboxylic acids is 1. The molecule has 0 saturated heterocycles. The molecule has 0 N–H and O–H groups in total. The number of hydrogen-bond acceptors (Lipinski definition) is 4. The molecule has 3 aromatic rings. The molecule has 0 aliphatic carbocycles. The van der Waals surface area contributed by atoms with Crippen molar-refractivity contribution in [2.24, 2.45) is 0 Å². The molecule has 0 radical (unpaired) electrons. The molecule has 0 unspecified atom stereocenters. The predicted octanol–water partition coefficient (Wildman–Crippen LogP) is 2.83. The van der Waals surface area contributed by atoms with Crippen LogP contribution in [-0.2, 0) is 13.2 Å². The summed E-state index contributed by atoms with van der Waals surface area (Å²) in [6.07, 6.45) is 0. The van der Waals surface area contributed by atoms with E-state index in [0.717, 1.165) is 11.3 Å². The van der Waals surface area contributed by atoms with Gasteiger partial charge in [0.2, 0.25) is 5.88 Å². The van der Waals surface area contributed by atoms with E-state index >= 15 is 0 Å². The van der Waals surface area contributed by atoms with Gasteiger partial charge in [0, 0.05) is 18.3 Å². The zero-order chi connectivity index (χ0) is 17.2. The van der Waals surface area contributed by atoms with Gasteiger partial charge in [-0.2, -0.15) is 0 Å². The molecular weight excluding hydrogens is 316 g/mol. The van der Waals surface area contributed by atoms with Gasteiger partial charge >= 0.3 is 0 Å². The van der Waals surface area contributed by atoms with Crippen LogP contribution in [0.15, 0.2) is 54.6 Å². The smallest absolute Gasteiger partial charge is 0.277 e. The van der Waals surface area contributed by atoms with E-state index in [9.17, 15) is 4.79 Å². The number of benzene rings is 1. The number of carbonyl (C=O) groups is 1. The summed E-state index contributed by atoms with van der Waals surface area (Å²) in [5.74, 6) is 1.03. The van der Waals surface area contributed by atoms with E-state index in [-0.39, 0.29) is 5.91 Å². The quantitative estimate of drug-likeness (QED) is 0.736. The fourth-order valence-electron chi connectivity index (χ4n) is 2.87. The summed E-state index contributed by atoms with van der Waals surface area (Å²) in [5.41, 5.74) is 2.47. The Labute approximate surface area is 145 Å². The Morgan fingerprint density at radius 3 is 2.72 bits per heavy atom. The standard InChI is InChI=1S/C19H18N4O2/c1-14-6-5-9-17(20-14)22-10-11-23-16(19(22)24)12-18(21-23)25-13-15-7-3-2-4-8-15/h2-9,12H,10-11,13H2,1H3. The first-order chi connectivity index (χ1) is 12.2. The van der Waals surface area contributed by atoms with Gasteiger partial charge in [-0.15, -0.1) is 5.10 Å². The third-order valence-corrected chi connectivity index (χ3v) is 4.14. The molecule has 1 aromatic carbocycles. The summed E-state index contributed by atoms with van der Waals surface area (Å²) in [5, 5.41) is 4.39. The average Bonchev–Trinajstić information content (AvgIpc) is 3.05. The van der Waals surface area contributed by atoms with E-state index < -0.39 is 0 Å². The minimum Gasteiger partial charge on any atom is -0.472 e. The second-order valence-corrected chi connectivity index (χ2v) is 5.96. The summed E-state index contributed by atoms with van der Waals surface area (Å²) in [6, 6.07) is 17.3. The number of rotatable bonds is 4. The van der Waals surface area contributed by atoms with Gasteiger partial charge in [0.05, 0.1) is 6.54 Å². The van der Waals surface area contributed by atoms with Crippen LogP contribution in [0.1, 0.15) is 21.7 Å². The minimum atomic E-state index is -0.105. The normalized spacial score (nSPS) is 13.6. The van der Waals surface area contributed by atoms with Gasteiger partial charge in [0.25, 0.3) is 5.91 Å². The highest BCUT2D eigenvalue weighted by Gasteiger charge is 2.28. The van der Waals surface area contributed by atoms with E-state index in [4.69, 9.17) is 4.74 Å². The predicted molar refractivity (Wildman–Crippen MR) is 93.7 cm³/mol. The minimum absolute atomic E-state index is 0.105. The Morgan fingerprint density at radius 1 is 1.08 bits per heavy atom. The van der Waals surface area contributed by atoms with E-state index in [1.54, 1.807) is 15.6 Å². The van der Waals surface area contributed by atoms with Crippen LogP contribution in [0.3, 0.4) is 0 Å². The lowest BCUT2D eigenvalue weighted by molar-refractivity contribution is 0.0961. The van der Waals surface area contributed by atoms with Crippen LogP contribution in [0, 0.1) is 6.92 Å². The third-order valence-electron chi connectivity index (χ3n) is 4.14. The van der Waals surface area contributed by atoms with E-state index in [1.165, 1.54) is 0 Å². The Bertz CT molecular complexity index is 905. The van der Waals surface area contributed by atoms with Gasteiger partial charge in [0.1, 0.15) is 18.1 Å². The fraction of sp³-hybridized carbons (Fsp3) is 0.211. The van der Waals surface area contributed by atoms with Crippen molar-refractivity contribution in [3.63, 3.8) is 0 Å². The van der Waals surface area contributed by atoms with Crippen molar-refractivity contribution < 1.29 is 9.53 Å². The van der Waals surface area contributed by atoms with E-state index in [2.05, 4.69) is 10.1 Å². The number of anilines is 1. The van der Waals surface area contributed by atoms with Crippen molar-refractivity contribution in [2.45, 2.75) is 20.1 Å². The monoisotopic (exact) mass is 334 g/mol. The number of fused-ring (bicyclic) bond motifs is 1. The van der Waals surface area contributed by atoms with Crippen LogP contribution in [0.25, 0.3) is 0 Å². The van der Waals surface area contributed by atoms with Crippen molar-refractivity contribution in [1.82, 2.24) is 14.8 Å². The molecule has 0 bridgehead atoms. The number of pyridine rings is 1. The number of hydrogen-bond donors (Lipinski definition) is 0. The summed E-state index contributed by atoms with van der Waals surface area (Å²) < 4.78 is 7.44. The van der Waals surface area contributed by atoms with Gasteiger partial charge in [-0.25, -0.2) is 4.98 Å². The molecule has 1 amide bonds. The van der Waals surface area contributed by atoms with Crippen LogP contribution in [-0.4, -0.2) is 27.2 Å². The number of aryl methyl sites for hydroxylation is 1. The molecule has 25 heavy (non-hydrogen) atoms. The highest BCUT2D eigenvalue weighted by molar-refractivity contribution is 6.05. The second-order valence-electron chi connectivity index (χ2n) is 5.96. The van der Waals surface area contributed by atoms with Gasteiger partial charge in [-0.05, 0) is 24.6 Å². The molecule has 2 aromatic heterocycles. The molecule has 0 atom stereocenters. The molecule has 0 spiro atoms. The maximum atomic E-state index is 12.8. The molecule has 4 rings (SSSR count). The molecule has 126 valence electrons. The van der Waals surface area contributed by atoms with Crippen molar-refractivity contribution in [3.05, 3.63) is 71.5 Å². The Morgan fingerprint density at radius 2 is 1.92 bits per heavy atom. The second kappa shape index (κ2) is 6.39. The van der Waals surface area contributed by atoms with Gasteiger partial charge in [-0.3, -0.25) is 14.4 Å². The third kappa shape index (κ3) is 3.10. The molecule has 1 aliphatic rings. The highest BCUT2D eigenvalue weighted by atomic mass is 16.5. The number of nitrogens with zero attached hydrogens (tertiary/aromatic N) is 4. The first kappa shape index (κ1) is 15.4. The highest BCUT2D eigenvalue weighted by Crippen LogP contribution is 2.22. The van der Waals surface area contributed by atoms with Gasteiger partial charge in [0.15, 0.2) is 0 Å². The molecule has 6 nitrogen and oxygen atoms in total. The first-order valence-electron chi connectivity index (χ1n) is 8.21. The van der Waals surface area contributed by atoms with Gasteiger partial charge < -0.3 is 4.74 Å². The molecule has 0 saturated carbocycles. The lowest BCUT2D eigenvalue weighted by Crippen LogP contribution is -2.41. The summed E-state index contributed by atoms with van der Waals surface area (Å²) in [6.45, 7) is 3.50. The number of ether oxygens (including phenoxy) is 1. The Kier molecular flexibility index (Phi) is 3.93. The fourth-order valence-corrected chi connectivity index (χ4v) is 2.87. The zero-order valence-corrected chi connectivity index (χ0v) is 13.9. The maximum absolute atomic E-state index is 12.8. The summed E-state index contributed by atoms with van der Waals surface area (Å²) in [4.78, 5) is 18.9. The molecule has 6 heteroatoms. The molecule has 3 heterocycles. The maximum Gasteiger partial charge on any atom is 0.277 e. The molecule has 1 aliphatic heterocycles. The van der Waals surface area contributed by atoms with Crippen molar-refractivity contribution >= 4 is 11.7 Å². The largest absolute Gasteiger partial charge is 0.472 e. The number of amides is 1. The van der Waals surface area contributed by atoms with Crippen LogP contribution >= 0.6 is 0 Å². The van der Waals surface area contributed by atoms with Crippen molar-refractivity contribution in [1.29, 1.82) is 0 Å². The summed E-state index contributed by atoms with van der Waals surface area (Å²) >= 11 is 0. The first-order valence-corrected chi connectivity index (χ1v) is 8.21. The van der Waals surface area contributed by atoms with Crippen LogP contribution < -0.4 is 9.64 Å². The molecule has 0 fully saturated rings. The zero-order valence-electron chi connectivity index (χ0n) is 13.9. The Balaban J connectivity index is 1.53. The Hall–Kier alpha value is -3.15. The topological polar surface area (TPSA) is 60.2 Å². The SMILES string of the molecule is Cc1cccc(N2CCn3nc(OCc4ccccc4)cc3C2=O)n1. The molecular formula is C19H18N4O2. The lowest BCUT2D eigenvalue weighted by Gasteiger charge is -2.26. The van der Waals surface area contributed by atoms with Crippen molar-refractivity contribution in [3.8, 4) is 5.88 Å². The van der Waals surface area contributed by atoms with Crippen LogP contribution in [0.4, 0.5) is 5.82 Å². The lowest BCUT2D eigenvalue weighted by atomic mass is 10.2. The average molecular weight is 334 g/mol. The van der Waals surface area contributed by atoms with Crippen LogP contribution in [0.2, 0.25) is 0 Å². The van der Waals surface area contributed by atoms with Crippen molar-refractivity contribution in [2.75, 3.05) is 11.4 Å². The summed E-state index contributed by atoms with van der Waals surface area (Å²) in [7, 11) is 0.